The molecule has 90 valence electrons. The molecule has 0 aromatic heterocycles. The first-order valence-electron chi connectivity index (χ1n) is 5.68. The smallest absolute Gasteiger partial charge is 0.335 e. The molecule has 4 heteroatoms. The second-order valence-corrected chi connectivity index (χ2v) is 4.54. The molecule has 2 N–H and O–H groups in total. The molecule has 1 amide bonds. The predicted molar refractivity (Wildman–Crippen MR) is 62.8 cm³/mol. The molecule has 1 aliphatic heterocycles. The van der Waals surface area contributed by atoms with Crippen LogP contribution in [0.5, 0.6) is 0 Å². The van der Waals surface area contributed by atoms with E-state index < -0.39 is 5.97 Å². The minimum Gasteiger partial charge on any atom is -0.478 e. The molecule has 1 aromatic rings. The Morgan fingerprint density at radius 2 is 2.06 bits per heavy atom. The predicted octanol–water partition coefficient (Wildman–Crippen LogP) is 1.31. The van der Waals surface area contributed by atoms with E-state index in [0.29, 0.717) is 12.3 Å². The topological polar surface area (TPSA) is 66.4 Å². The quantitative estimate of drug-likeness (QED) is 0.827. The molecule has 1 fully saturated rings. The number of carboxylic acid groups (broad SMARTS) is 1. The third kappa shape index (κ3) is 2.46. The van der Waals surface area contributed by atoms with E-state index in [1.807, 2.05) is 6.92 Å². The number of benzene rings is 1. The van der Waals surface area contributed by atoms with Gasteiger partial charge in [0.2, 0.25) is 5.91 Å². The Bertz CT molecular complexity index is 438. The van der Waals surface area contributed by atoms with Crippen molar-refractivity contribution in [2.75, 3.05) is 6.54 Å². The van der Waals surface area contributed by atoms with Crippen molar-refractivity contribution < 1.29 is 14.7 Å². The van der Waals surface area contributed by atoms with E-state index in [-0.39, 0.29) is 17.4 Å². The van der Waals surface area contributed by atoms with Crippen LogP contribution in [0.1, 0.15) is 22.8 Å². The van der Waals surface area contributed by atoms with Crippen LogP contribution in [0.4, 0.5) is 0 Å². The Hall–Kier alpha value is -1.84. The summed E-state index contributed by atoms with van der Waals surface area (Å²) < 4.78 is 0. The van der Waals surface area contributed by atoms with Crippen LogP contribution in [0.25, 0.3) is 0 Å². The van der Waals surface area contributed by atoms with Crippen LogP contribution in [0, 0.1) is 11.8 Å². The maximum Gasteiger partial charge on any atom is 0.335 e. The molecule has 0 radical (unpaired) electrons. The fraction of sp³-hybridized carbons (Fsp3) is 0.385. The summed E-state index contributed by atoms with van der Waals surface area (Å²) >= 11 is 0. The number of hydrogen-bond donors (Lipinski definition) is 2. The number of aromatic carboxylic acids is 1. The van der Waals surface area contributed by atoms with Crippen molar-refractivity contribution in [2.45, 2.75) is 13.3 Å². The van der Waals surface area contributed by atoms with Crippen LogP contribution in [0.2, 0.25) is 0 Å². The lowest BCUT2D eigenvalue weighted by atomic mass is 9.90. The van der Waals surface area contributed by atoms with Gasteiger partial charge in [0.25, 0.3) is 0 Å². The molecular formula is C13H15NO3. The number of hydrogen-bond acceptors (Lipinski definition) is 2. The molecule has 1 heterocycles. The van der Waals surface area contributed by atoms with Crippen molar-refractivity contribution in [3.05, 3.63) is 35.4 Å². The second kappa shape index (κ2) is 4.57. The summed E-state index contributed by atoms with van der Waals surface area (Å²) in [7, 11) is 0. The number of carbonyl (C=O) groups is 2. The zero-order valence-electron chi connectivity index (χ0n) is 9.64. The lowest BCUT2D eigenvalue weighted by molar-refractivity contribution is -0.122. The summed E-state index contributed by atoms with van der Waals surface area (Å²) in [5, 5.41) is 11.6. The number of carbonyl (C=O) groups excluding carboxylic acids is 1. The molecule has 2 rings (SSSR count). The van der Waals surface area contributed by atoms with Crippen LogP contribution >= 0.6 is 0 Å². The van der Waals surface area contributed by atoms with Gasteiger partial charge in [0.15, 0.2) is 0 Å². The maximum absolute atomic E-state index is 11.6. The van der Waals surface area contributed by atoms with E-state index in [1.165, 1.54) is 0 Å². The summed E-state index contributed by atoms with van der Waals surface area (Å²) in [5.41, 5.74) is 1.28. The highest BCUT2D eigenvalue weighted by Crippen LogP contribution is 2.22. The fourth-order valence-electron chi connectivity index (χ4n) is 2.12. The lowest BCUT2D eigenvalue weighted by Crippen LogP contribution is -2.21. The summed E-state index contributed by atoms with van der Waals surface area (Å²) in [5.74, 6) is -0.490. The Kier molecular flexibility index (Phi) is 3.13. The van der Waals surface area contributed by atoms with Crippen molar-refractivity contribution in [2.24, 2.45) is 11.8 Å². The molecule has 1 saturated heterocycles. The van der Waals surface area contributed by atoms with Crippen LogP contribution in [-0.2, 0) is 11.2 Å². The largest absolute Gasteiger partial charge is 0.478 e. The average Bonchev–Trinajstić information content (AvgIpc) is 2.61. The minimum atomic E-state index is -0.927. The van der Waals surface area contributed by atoms with Crippen LogP contribution < -0.4 is 5.32 Å². The van der Waals surface area contributed by atoms with Gasteiger partial charge in [-0.15, -0.1) is 0 Å². The van der Waals surface area contributed by atoms with Gasteiger partial charge in [0.1, 0.15) is 0 Å². The summed E-state index contributed by atoms with van der Waals surface area (Å²) in [6.07, 6.45) is 0.674. The number of carboxylic acids is 1. The first-order valence-corrected chi connectivity index (χ1v) is 5.68. The molecule has 0 bridgehead atoms. The van der Waals surface area contributed by atoms with E-state index in [9.17, 15) is 9.59 Å². The van der Waals surface area contributed by atoms with Crippen molar-refractivity contribution in [3.63, 3.8) is 0 Å². The molecule has 0 saturated carbocycles. The molecule has 2 atom stereocenters. The van der Waals surface area contributed by atoms with Gasteiger partial charge < -0.3 is 10.4 Å². The van der Waals surface area contributed by atoms with E-state index in [2.05, 4.69) is 5.32 Å². The van der Waals surface area contributed by atoms with E-state index in [1.54, 1.807) is 24.3 Å². The van der Waals surface area contributed by atoms with E-state index in [0.717, 1.165) is 12.1 Å². The molecular weight excluding hydrogens is 218 g/mol. The fourth-order valence-corrected chi connectivity index (χ4v) is 2.12. The maximum atomic E-state index is 11.6. The molecule has 0 aliphatic carbocycles. The third-order valence-electron chi connectivity index (χ3n) is 3.28. The van der Waals surface area contributed by atoms with Crippen LogP contribution in [-0.4, -0.2) is 23.5 Å². The number of nitrogens with one attached hydrogen (secondary N) is 1. The molecule has 0 spiro atoms. The van der Waals surface area contributed by atoms with Gasteiger partial charge in [-0.25, -0.2) is 4.79 Å². The first kappa shape index (κ1) is 11.6. The van der Waals surface area contributed by atoms with Crippen molar-refractivity contribution in [1.82, 2.24) is 5.32 Å². The first-order chi connectivity index (χ1) is 8.08. The highest BCUT2D eigenvalue weighted by Gasteiger charge is 2.31. The van der Waals surface area contributed by atoms with Gasteiger partial charge in [-0.2, -0.15) is 0 Å². The van der Waals surface area contributed by atoms with Gasteiger partial charge in [0, 0.05) is 12.5 Å². The number of rotatable bonds is 3. The molecule has 1 aromatic carbocycles. The molecule has 4 nitrogen and oxygen atoms in total. The van der Waals surface area contributed by atoms with Crippen LogP contribution in [0.15, 0.2) is 24.3 Å². The standard InChI is InChI=1S/C13H15NO3/c1-8-7-14-12(15)11(8)6-9-2-4-10(5-3-9)13(16)17/h2-5,8,11H,6-7H2,1H3,(H,14,15)(H,16,17)/t8?,11-/m0/s1. The monoisotopic (exact) mass is 233 g/mol. The summed E-state index contributed by atoms with van der Waals surface area (Å²) in [4.78, 5) is 22.3. The van der Waals surface area contributed by atoms with Crippen molar-refractivity contribution in [3.8, 4) is 0 Å². The van der Waals surface area contributed by atoms with Gasteiger partial charge in [-0.1, -0.05) is 19.1 Å². The highest BCUT2D eigenvalue weighted by atomic mass is 16.4. The Balaban J connectivity index is 2.08. The second-order valence-electron chi connectivity index (χ2n) is 4.54. The van der Waals surface area contributed by atoms with Crippen molar-refractivity contribution in [1.29, 1.82) is 0 Å². The molecule has 1 unspecified atom stereocenters. The van der Waals surface area contributed by atoms with Gasteiger partial charge in [-0.3, -0.25) is 4.79 Å². The van der Waals surface area contributed by atoms with E-state index >= 15 is 0 Å². The zero-order chi connectivity index (χ0) is 12.4. The molecule has 17 heavy (non-hydrogen) atoms. The summed E-state index contributed by atoms with van der Waals surface area (Å²) in [6.45, 7) is 2.78. The Labute approximate surface area is 99.6 Å². The average molecular weight is 233 g/mol. The third-order valence-corrected chi connectivity index (χ3v) is 3.28. The minimum absolute atomic E-state index is 0.00526. The highest BCUT2D eigenvalue weighted by molar-refractivity contribution is 5.87. The van der Waals surface area contributed by atoms with Crippen LogP contribution in [0.3, 0.4) is 0 Å². The Morgan fingerprint density at radius 3 is 2.53 bits per heavy atom. The number of amides is 1. The Morgan fingerprint density at radius 1 is 1.41 bits per heavy atom. The van der Waals surface area contributed by atoms with Gasteiger partial charge in [0.05, 0.1) is 5.56 Å². The van der Waals surface area contributed by atoms with Crippen molar-refractivity contribution >= 4 is 11.9 Å². The molecule has 1 aliphatic rings. The normalized spacial score (nSPS) is 23.5. The SMILES string of the molecule is CC1CNC(=O)[C@H]1Cc1ccc(C(=O)O)cc1. The summed E-state index contributed by atoms with van der Waals surface area (Å²) in [6, 6.07) is 6.72. The van der Waals surface area contributed by atoms with Gasteiger partial charge in [-0.05, 0) is 30.0 Å². The van der Waals surface area contributed by atoms with E-state index in [4.69, 9.17) is 5.11 Å². The zero-order valence-corrected chi connectivity index (χ0v) is 9.64. The van der Waals surface area contributed by atoms with Gasteiger partial charge >= 0.3 is 5.97 Å². The lowest BCUT2D eigenvalue weighted by Gasteiger charge is -2.11.